The zero-order chi connectivity index (χ0) is 20.7. The molecule has 0 spiro atoms. The van der Waals surface area contributed by atoms with Gasteiger partial charge < -0.3 is 14.6 Å². The van der Waals surface area contributed by atoms with Gasteiger partial charge in [-0.05, 0) is 61.1 Å². The molecule has 2 unspecified atom stereocenters. The normalized spacial score (nSPS) is 23.4. The van der Waals surface area contributed by atoms with E-state index in [0.29, 0.717) is 10.9 Å². The first-order valence-electron chi connectivity index (χ1n) is 10.6. The highest BCUT2D eigenvalue weighted by Crippen LogP contribution is 2.34. The molecule has 2 aliphatic rings. The Morgan fingerprint density at radius 3 is 2.53 bits per heavy atom. The Morgan fingerprint density at radius 1 is 1.03 bits per heavy atom. The number of aromatic amines is 1. The summed E-state index contributed by atoms with van der Waals surface area (Å²) < 4.78 is 7.97. The first kappa shape index (κ1) is 20.1. The average Bonchev–Trinajstić information content (AvgIpc) is 3.32. The number of benzene rings is 2. The molecule has 2 aromatic carbocycles. The standard InChI is InChI=1S/C23H25Cl2N3O2/c24-17-3-1-16(2-4-17)22-11-15(14-30-22)13-27-9-7-19(8-10-27)28-21-6-5-18(25)12-20(21)26-23(28)29/h1-6,12,15,19,22H,7-11,13-14H2,(H,26,29). The third-order valence-electron chi connectivity index (χ3n) is 6.44. The van der Waals surface area contributed by atoms with Gasteiger partial charge in [0.15, 0.2) is 0 Å². The second-order valence-electron chi connectivity index (χ2n) is 8.47. The number of likely N-dealkylation sites (tertiary alicyclic amines) is 1. The van der Waals surface area contributed by atoms with Gasteiger partial charge in [0.1, 0.15) is 0 Å². The number of piperidine rings is 1. The molecule has 2 aliphatic heterocycles. The van der Waals surface area contributed by atoms with Crippen molar-refractivity contribution >= 4 is 34.2 Å². The summed E-state index contributed by atoms with van der Waals surface area (Å²) in [7, 11) is 0. The third kappa shape index (κ3) is 4.04. The van der Waals surface area contributed by atoms with E-state index in [9.17, 15) is 4.79 Å². The molecule has 2 saturated heterocycles. The molecule has 2 fully saturated rings. The summed E-state index contributed by atoms with van der Waals surface area (Å²) in [5, 5.41) is 1.40. The zero-order valence-electron chi connectivity index (χ0n) is 16.7. The van der Waals surface area contributed by atoms with Gasteiger partial charge in [-0.3, -0.25) is 4.57 Å². The fraction of sp³-hybridized carbons (Fsp3) is 0.435. The van der Waals surface area contributed by atoms with Crippen LogP contribution in [-0.2, 0) is 4.74 Å². The van der Waals surface area contributed by atoms with Crippen LogP contribution in [0.15, 0.2) is 47.3 Å². The lowest BCUT2D eigenvalue weighted by atomic mass is 9.98. The molecule has 5 nitrogen and oxygen atoms in total. The van der Waals surface area contributed by atoms with Crippen molar-refractivity contribution in [3.63, 3.8) is 0 Å². The van der Waals surface area contributed by atoms with E-state index in [1.54, 1.807) is 0 Å². The zero-order valence-corrected chi connectivity index (χ0v) is 18.2. The summed E-state index contributed by atoms with van der Waals surface area (Å²) in [5.41, 5.74) is 2.92. The summed E-state index contributed by atoms with van der Waals surface area (Å²) in [6.07, 6.45) is 3.17. The molecule has 0 radical (unpaired) electrons. The quantitative estimate of drug-likeness (QED) is 0.610. The number of nitrogens with zero attached hydrogens (tertiary/aromatic N) is 2. The van der Waals surface area contributed by atoms with Gasteiger partial charge in [-0.25, -0.2) is 4.79 Å². The Kier molecular flexibility index (Phi) is 5.63. The molecular weight excluding hydrogens is 421 g/mol. The van der Waals surface area contributed by atoms with E-state index in [4.69, 9.17) is 27.9 Å². The Hall–Kier alpha value is -1.79. The maximum atomic E-state index is 12.5. The number of fused-ring (bicyclic) bond motifs is 1. The van der Waals surface area contributed by atoms with Crippen molar-refractivity contribution in [1.29, 1.82) is 0 Å². The van der Waals surface area contributed by atoms with Crippen LogP contribution in [0.25, 0.3) is 11.0 Å². The van der Waals surface area contributed by atoms with E-state index in [-0.39, 0.29) is 17.8 Å². The molecule has 5 rings (SSSR count). The highest BCUT2D eigenvalue weighted by atomic mass is 35.5. The van der Waals surface area contributed by atoms with Crippen molar-refractivity contribution in [2.45, 2.75) is 31.4 Å². The van der Waals surface area contributed by atoms with Crippen LogP contribution in [0.2, 0.25) is 10.0 Å². The third-order valence-corrected chi connectivity index (χ3v) is 6.93. The number of aromatic nitrogens is 2. The number of H-pyrrole nitrogens is 1. The minimum Gasteiger partial charge on any atom is -0.373 e. The Bertz CT molecular complexity index is 1080. The lowest BCUT2D eigenvalue weighted by Gasteiger charge is -2.33. The van der Waals surface area contributed by atoms with Gasteiger partial charge in [-0.15, -0.1) is 0 Å². The number of imidazole rings is 1. The molecule has 30 heavy (non-hydrogen) atoms. The van der Waals surface area contributed by atoms with Gasteiger partial charge in [-0.1, -0.05) is 35.3 Å². The van der Waals surface area contributed by atoms with Crippen molar-refractivity contribution in [3.05, 3.63) is 68.6 Å². The van der Waals surface area contributed by atoms with Crippen LogP contribution in [0.4, 0.5) is 0 Å². The van der Waals surface area contributed by atoms with Crippen LogP contribution in [0.1, 0.15) is 37.0 Å². The van der Waals surface area contributed by atoms with Gasteiger partial charge in [0, 0.05) is 35.7 Å². The molecule has 1 aromatic heterocycles. The molecule has 3 aromatic rings. The summed E-state index contributed by atoms with van der Waals surface area (Å²) in [6, 6.07) is 13.8. The van der Waals surface area contributed by atoms with E-state index in [0.717, 1.165) is 61.6 Å². The lowest BCUT2D eigenvalue weighted by molar-refractivity contribution is 0.100. The molecule has 7 heteroatoms. The number of hydrogen-bond donors (Lipinski definition) is 1. The van der Waals surface area contributed by atoms with E-state index in [2.05, 4.69) is 22.0 Å². The van der Waals surface area contributed by atoms with Crippen molar-refractivity contribution in [2.24, 2.45) is 5.92 Å². The minimum atomic E-state index is -0.0410. The van der Waals surface area contributed by atoms with Gasteiger partial charge in [-0.2, -0.15) is 0 Å². The second-order valence-corrected chi connectivity index (χ2v) is 9.34. The topological polar surface area (TPSA) is 50.3 Å². The van der Waals surface area contributed by atoms with E-state index < -0.39 is 0 Å². The van der Waals surface area contributed by atoms with E-state index in [1.165, 1.54) is 5.56 Å². The Balaban J connectivity index is 1.19. The largest absolute Gasteiger partial charge is 0.373 e. The van der Waals surface area contributed by atoms with Crippen molar-refractivity contribution in [3.8, 4) is 0 Å². The second kappa shape index (κ2) is 8.39. The first-order chi connectivity index (χ1) is 14.6. The smallest absolute Gasteiger partial charge is 0.326 e. The predicted octanol–water partition coefficient (Wildman–Crippen LogP) is 5.05. The fourth-order valence-corrected chi connectivity index (χ4v) is 5.22. The maximum absolute atomic E-state index is 12.5. The molecule has 1 N–H and O–H groups in total. The van der Waals surface area contributed by atoms with Gasteiger partial charge in [0.2, 0.25) is 0 Å². The number of rotatable bonds is 4. The van der Waals surface area contributed by atoms with Crippen LogP contribution in [0.5, 0.6) is 0 Å². The summed E-state index contributed by atoms with van der Waals surface area (Å²) in [5.74, 6) is 0.542. The molecule has 0 aliphatic carbocycles. The fourth-order valence-electron chi connectivity index (χ4n) is 4.92. The summed E-state index contributed by atoms with van der Waals surface area (Å²) in [4.78, 5) is 18.0. The number of halogens is 2. The van der Waals surface area contributed by atoms with Crippen LogP contribution < -0.4 is 5.69 Å². The molecule has 158 valence electrons. The van der Waals surface area contributed by atoms with E-state index >= 15 is 0 Å². The maximum Gasteiger partial charge on any atom is 0.326 e. The molecular formula is C23H25Cl2N3O2. The van der Waals surface area contributed by atoms with Crippen molar-refractivity contribution in [2.75, 3.05) is 26.2 Å². The van der Waals surface area contributed by atoms with Crippen LogP contribution in [-0.4, -0.2) is 40.7 Å². The van der Waals surface area contributed by atoms with Crippen LogP contribution in [0.3, 0.4) is 0 Å². The molecule has 3 heterocycles. The number of nitrogens with one attached hydrogen (secondary N) is 1. The number of hydrogen-bond acceptors (Lipinski definition) is 3. The van der Waals surface area contributed by atoms with E-state index in [1.807, 2.05) is 34.9 Å². The van der Waals surface area contributed by atoms with Crippen LogP contribution in [0, 0.1) is 5.92 Å². The lowest BCUT2D eigenvalue weighted by Crippen LogP contribution is -2.39. The van der Waals surface area contributed by atoms with Crippen molar-refractivity contribution < 1.29 is 4.74 Å². The molecule has 0 saturated carbocycles. The van der Waals surface area contributed by atoms with Crippen molar-refractivity contribution in [1.82, 2.24) is 14.5 Å². The van der Waals surface area contributed by atoms with Gasteiger partial charge >= 0.3 is 5.69 Å². The van der Waals surface area contributed by atoms with Gasteiger partial charge in [0.25, 0.3) is 0 Å². The predicted molar refractivity (Wildman–Crippen MR) is 121 cm³/mol. The minimum absolute atomic E-state index is 0.0410. The molecule has 2 atom stereocenters. The highest BCUT2D eigenvalue weighted by molar-refractivity contribution is 6.31. The SMILES string of the molecule is O=c1[nH]c2cc(Cl)ccc2n1C1CCN(CC2COC(c3ccc(Cl)cc3)C2)CC1. The summed E-state index contributed by atoms with van der Waals surface area (Å²) in [6.45, 7) is 3.85. The monoisotopic (exact) mass is 445 g/mol. The average molecular weight is 446 g/mol. The molecule has 0 amide bonds. The summed E-state index contributed by atoms with van der Waals surface area (Å²) >= 11 is 12.1. The number of ether oxygens (including phenoxy) is 1. The van der Waals surface area contributed by atoms with Crippen LogP contribution >= 0.6 is 23.2 Å². The van der Waals surface area contributed by atoms with Gasteiger partial charge in [0.05, 0.1) is 23.7 Å². The Morgan fingerprint density at radius 2 is 1.77 bits per heavy atom. The first-order valence-corrected chi connectivity index (χ1v) is 11.3. The highest BCUT2D eigenvalue weighted by Gasteiger charge is 2.30. The Labute approximate surface area is 185 Å². The molecule has 0 bridgehead atoms.